The predicted octanol–water partition coefficient (Wildman–Crippen LogP) is 3.55. The van der Waals surface area contributed by atoms with Gasteiger partial charge < -0.3 is 34.4 Å². The summed E-state index contributed by atoms with van der Waals surface area (Å²) in [6.45, 7) is 10.2. The Labute approximate surface area is 242 Å². The van der Waals surface area contributed by atoms with Crippen molar-refractivity contribution in [1.29, 1.82) is 0 Å². The molecule has 1 aromatic heterocycles. The summed E-state index contributed by atoms with van der Waals surface area (Å²) in [4.78, 5) is 29.5. The van der Waals surface area contributed by atoms with E-state index in [-0.39, 0.29) is 35.7 Å². The van der Waals surface area contributed by atoms with Crippen molar-refractivity contribution in [2.24, 2.45) is 29.1 Å². The molecule has 2 aliphatic heterocycles. The lowest BCUT2D eigenvalue weighted by molar-refractivity contribution is -0.167. The average molecular weight is 569 g/mol. The predicted molar refractivity (Wildman–Crippen MR) is 151 cm³/mol. The van der Waals surface area contributed by atoms with E-state index in [1.54, 1.807) is 18.3 Å². The van der Waals surface area contributed by atoms with Crippen molar-refractivity contribution in [1.82, 2.24) is 10.3 Å². The van der Waals surface area contributed by atoms with Gasteiger partial charge in [0.1, 0.15) is 29.6 Å². The molecule has 0 radical (unpaired) electrons. The minimum absolute atomic E-state index is 0.0432. The monoisotopic (exact) mass is 568 g/mol. The Bertz CT molecular complexity index is 1220. The highest BCUT2D eigenvalue weighted by atomic mass is 16.6. The van der Waals surface area contributed by atoms with Crippen LogP contribution in [0.2, 0.25) is 0 Å². The van der Waals surface area contributed by atoms with Crippen molar-refractivity contribution in [3.05, 3.63) is 47.8 Å². The van der Waals surface area contributed by atoms with E-state index in [1.807, 2.05) is 6.92 Å². The van der Waals surface area contributed by atoms with Crippen molar-refractivity contribution < 1.29 is 33.6 Å². The topological polar surface area (TPSA) is 119 Å². The van der Waals surface area contributed by atoms with Crippen molar-refractivity contribution in [2.75, 3.05) is 7.11 Å². The molecule has 0 aromatic carbocycles. The van der Waals surface area contributed by atoms with Crippen LogP contribution in [-0.4, -0.2) is 77.3 Å². The second-order valence-electron chi connectivity index (χ2n) is 13.2. The average Bonchev–Trinajstić information content (AvgIpc) is 3.53. The first-order valence-corrected chi connectivity index (χ1v) is 15.1. The molecule has 41 heavy (non-hydrogen) atoms. The van der Waals surface area contributed by atoms with Gasteiger partial charge in [-0.15, -0.1) is 0 Å². The van der Waals surface area contributed by atoms with Gasteiger partial charge in [-0.1, -0.05) is 39.0 Å². The lowest BCUT2D eigenvalue weighted by atomic mass is 9.51. The maximum absolute atomic E-state index is 13.5. The lowest BCUT2D eigenvalue weighted by Crippen LogP contribution is -2.61. The number of carbonyl (C=O) groups is 2. The van der Waals surface area contributed by atoms with Gasteiger partial charge in [-0.25, -0.2) is 9.59 Å². The van der Waals surface area contributed by atoms with Gasteiger partial charge in [-0.3, -0.25) is 0 Å². The lowest BCUT2D eigenvalue weighted by Gasteiger charge is -2.53. The normalized spacial score (nSPS) is 45.7. The van der Waals surface area contributed by atoms with E-state index in [1.165, 1.54) is 7.11 Å². The zero-order chi connectivity index (χ0) is 29.3. The first-order valence-electron chi connectivity index (χ1n) is 15.1. The number of methoxy groups -OCH3 is 1. The van der Waals surface area contributed by atoms with E-state index in [0.29, 0.717) is 18.2 Å². The molecule has 0 amide bonds. The molecule has 6 rings (SSSR count). The molecular weight excluding hydrogens is 524 g/mol. The summed E-state index contributed by atoms with van der Waals surface area (Å²) in [7, 11) is 1.54. The molecule has 9 nitrogen and oxygen atoms in total. The maximum Gasteiger partial charge on any atom is 0.355 e. The highest BCUT2D eigenvalue weighted by Gasteiger charge is 2.73. The second-order valence-corrected chi connectivity index (χ2v) is 13.2. The van der Waals surface area contributed by atoms with Gasteiger partial charge in [0, 0.05) is 54.5 Å². The van der Waals surface area contributed by atoms with E-state index in [4.69, 9.17) is 18.9 Å². The van der Waals surface area contributed by atoms with Crippen molar-refractivity contribution in [3.8, 4) is 0 Å². The molecule has 5 aliphatic rings. The van der Waals surface area contributed by atoms with Gasteiger partial charge in [0.05, 0.1) is 6.10 Å². The van der Waals surface area contributed by atoms with E-state index in [2.05, 4.69) is 56.2 Å². The van der Waals surface area contributed by atoms with Crippen LogP contribution in [0, 0.1) is 29.1 Å². The van der Waals surface area contributed by atoms with Crippen LogP contribution in [0.4, 0.5) is 0 Å². The number of hydrogen-bond acceptors (Lipinski definition) is 8. The first-order chi connectivity index (χ1) is 19.5. The molecule has 1 aromatic rings. The van der Waals surface area contributed by atoms with E-state index in [9.17, 15) is 14.7 Å². The van der Waals surface area contributed by atoms with Gasteiger partial charge in [0.2, 0.25) is 0 Å². The van der Waals surface area contributed by atoms with E-state index in [0.717, 1.165) is 18.4 Å². The van der Waals surface area contributed by atoms with Gasteiger partial charge in [-0.2, -0.15) is 0 Å². The van der Waals surface area contributed by atoms with Crippen LogP contribution in [0.1, 0.15) is 64.4 Å². The Kier molecular flexibility index (Phi) is 7.24. The fraction of sp³-hybridized carbons (Fsp3) is 0.688. The Morgan fingerprint density at radius 2 is 2.05 bits per heavy atom. The Balaban J connectivity index is 1.42. The number of H-pyrrole nitrogens is 1. The number of nitrogens with one attached hydrogen (secondary N) is 2. The van der Waals surface area contributed by atoms with Crippen LogP contribution in [0.25, 0.3) is 0 Å². The van der Waals surface area contributed by atoms with Crippen molar-refractivity contribution in [2.45, 2.75) is 102 Å². The summed E-state index contributed by atoms with van der Waals surface area (Å²) in [5, 5.41) is 15.6. The molecule has 3 heterocycles. The minimum Gasteiger partial charge on any atom is -0.458 e. The third kappa shape index (κ3) is 4.51. The van der Waals surface area contributed by atoms with Gasteiger partial charge in [-0.05, 0) is 50.8 Å². The fourth-order valence-electron chi connectivity index (χ4n) is 8.28. The number of rotatable bonds is 6. The van der Waals surface area contributed by atoms with Gasteiger partial charge in [0.15, 0.2) is 6.10 Å². The molecule has 2 saturated carbocycles. The highest BCUT2D eigenvalue weighted by Crippen LogP contribution is 2.66. The zero-order valence-corrected chi connectivity index (χ0v) is 24.8. The fourth-order valence-corrected chi connectivity index (χ4v) is 8.28. The highest BCUT2D eigenvalue weighted by molar-refractivity contribution is 5.87. The molecule has 224 valence electrons. The number of aromatic amines is 1. The van der Waals surface area contributed by atoms with Crippen LogP contribution in [0.15, 0.2) is 42.1 Å². The Morgan fingerprint density at radius 3 is 2.71 bits per heavy atom. The third-order valence-electron chi connectivity index (χ3n) is 10.5. The maximum atomic E-state index is 13.5. The third-order valence-corrected chi connectivity index (χ3v) is 10.5. The Hall–Kier alpha value is -2.46. The summed E-state index contributed by atoms with van der Waals surface area (Å²) < 4.78 is 25.1. The molecule has 4 bridgehead atoms. The van der Waals surface area contributed by atoms with Crippen LogP contribution in [0.3, 0.4) is 0 Å². The van der Waals surface area contributed by atoms with E-state index < -0.39 is 47.5 Å². The van der Waals surface area contributed by atoms with Crippen molar-refractivity contribution >= 4 is 11.9 Å². The Morgan fingerprint density at radius 1 is 1.29 bits per heavy atom. The number of cyclic esters (lactones) is 1. The molecule has 3 fully saturated rings. The van der Waals surface area contributed by atoms with Crippen molar-refractivity contribution in [3.63, 3.8) is 0 Å². The molecule has 9 heteroatoms. The molecule has 3 N–H and O–H groups in total. The number of hydrogen-bond donors (Lipinski definition) is 3. The van der Waals surface area contributed by atoms with Crippen LogP contribution in [-0.2, 0) is 23.7 Å². The quantitative estimate of drug-likeness (QED) is 0.352. The number of esters is 2. The minimum atomic E-state index is -0.907. The molecule has 1 spiro atoms. The number of carbonyl (C=O) groups excluding carboxylic acids is 2. The summed E-state index contributed by atoms with van der Waals surface area (Å²) in [6.07, 6.45) is 7.53. The smallest absolute Gasteiger partial charge is 0.355 e. The summed E-state index contributed by atoms with van der Waals surface area (Å²) >= 11 is 0. The number of ether oxygens (including phenoxy) is 4. The van der Waals surface area contributed by atoms with Crippen LogP contribution < -0.4 is 5.32 Å². The summed E-state index contributed by atoms with van der Waals surface area (Å²) in [6, 6.07) is 3.84. The SMILES string of the molecule is CO[C@H]1CC2C=C[C@]3(C)[C@H]4[C@H](O)[C@@H](C)[C@@H](OC(=O)c5ccc[nH]5)[C@@H]3O[C@@]24/C(C)=C/[C@@H](C)C(C(C)NC2CC2)OC1=O. The largest absolute Gasteiger partial charge is 0.458 e. The number of aromatic nitrogens is 1. The summed E-state index contributed by atoms with van der Waals surface area (Å²) in [5.74, 6) is -1.90. The molecule has 3 aliphatic carbocycles. The second kappa shape index (κ2) is 10.4. The number of aliphatic hydroxyl groups excluding tert-OH is 1. The van der Waals surface area contributed by atoms with Gasteiger partial charge in [0.25, 0.3) is 0 Å². The van der Waals surface area contributed by atoms with E-state index >= 15 is 0 Å². The van der Waals surface area contributed by atoms with Crippen LogP contribution >= 0.6 is 0 Å². The molecule has 12 atom stereocenters. The standard InChI is InChI=1S/C32H44N2O7/c1-16-14-17(2)32-20(15-23(38-6)30(37)39-25(16)19(4)34-21-9-10-21)11-12-31(5)27(32)24(35)18(3)26(28(31)41-32)40-29(36)22-8-7-13-33-22/h7-8,11-14,16,18-21,23-28,33-35H,9-10,15H2,1-6H3/b17-14+/t16-,18-,19?,20?,23+,24-,25?,26-,27-,28+,31-,32+/m1/s1. The number of aliphatic hydroxyl groups is 1. The molecule has 3 unspecified atom stereocenters. The van der Waals surface area contributed by atoms with Gasteiger partial charge >= 0.3 is 11.9 Å². The molecule has 1 saturated heterocycles. The first kappa shape index (κ1) is 28.6. The summed E-state index contributed by atoms with van der Waals surface area (Å²) in [5.41, 5.74) is -0.140. The van der Waals surface area contributed by atoms with Crippen LogP contribution in [0.5, 0.6) is 0 Å². The molecular formula is C32H44N2O7. The zero-order valence-electron chi connectivity index (χ0n) is 24.8.